The van der Waals surface area contributed by atoms with Crippen molar-refractivity contribution < 1.29 is 27.1 Å². The number of rotatable bonds is 1. The maximum absolute atomic E-state index is 9.43. The Balaban J connectivity index is -0.0000000600. The van der Waals surface area contributed by atoms with Crippen LogP contribution in [0, 0.1) is 0 Å². The maximum Gasteiger partial charge on any atom is 2.00 e. The molecule has 0 rings (SSSR count). The van der Waals surface area contributed by atoms with Crippen LogP contribution in [-0.2, 0) is 4.57 Å². The molecule has 0 aromatic carbocycles. The summed E-state index contributed by atoms with van der Waals surface area (Å²) in [7, 11) is -4.82. The van der Waals surface area contributed by atoms with Gasteiger partial charge in [-0.2, -0.15) is 0 Å². The van der Waals surface area contributed by atoms with Crippen molar-refractivity contribution >= 4 is 36.4 Å². The third-order valence-electron chi connectivity index (χ3n) is 0.249. The molecule has 0 aromatic heterocycles. The first kappa shape index (κ1) is 11.2. The Hall–Kier alpha value is 0.386. The Morgan fingerprint density at radius 1 is 1.50 bits per heavy atom. The Bertz CT molecular complexity index is 132. The summed E-state index contributed by atoms with van der Waals surface area (Å²) in [6.45, 7) is 0. The van der Waals surface area contributed by atoms with Gasteiger partial charge in [0.25, 0.3) is 0 Å². The van der Waals surface area contributed by atoms with Gasteiger partial charge in [-0.3, -0.25) is 0 Å². The average molecular weight is 152 g/mol. The van der Waals surface area contributed by atoms with Gasteiger partial charge < -0.3 is 17.7 Å². The number of carbonyl (C=O) groups is 1. The molecule has 8 heavy (non-hydrogen) atoms. The molecule has 0 fully saturated rings. The minimum absolute atomic E-state index is 0. The molecular formula is CH5MgO5P. The summed E-state index contributed by atoms with van der Waals surface area (Å²) in [6.07, 6.45) is 0. The number of carboxylic acid groups (broad SMARTS) is 1. The zero-order valence-corrected chi connectivity index (χ0v) is 6.12. The van der Waals surface area contributed by atoms with E-state index < -0.39 is 13.3 Å². The summed E-state index contributed by atoms with van der Waals surface area (Å²) in [5, 5.41) is 7.49. The fourth-order valence-electron chi connectivity index (χ4n) is 0. The van der Waals surface area contributed by atoms with E-state index in [9.17, 15) is 9.36 Å². The third-order valence-corrected chi connectivity index (χ3v) is 0.748. The molecule has 0 aliphatic rings. The molecule has 0 amide bonds. The van der Waals surface area contributed by atoms with Crippen LogP contribution in [0.5, 0.6) is 0 Å². The first-order valence-corrected chi connectivity index (χ1v) is 2.85. The van der Waals surface area contributed by atoms with Gasteiger partial charge >= 0.3 is 36.4 Å². The average Bonchev–Trinajstić information content (AvgIpc) is 1.31. The minimum atomic E-state index is -4.82. The van der Waals surface area contributed by atoms with Crippen molar-refractivity contribution in [2.75, 3.05) is 0 Å². The van der Waals surface area contributed by atoms with Gasteiger partial charge in [0.15, 0.2) is 0 Å². The molecule has 0 aromatic rings. The molecule has 5 nitrogen and oxygen atoms in total. The van der Waals surface area contributed by atoms with Gasteiger partial charge in [0.2, 0.25) is 0 Å². The first-order valence-electron chi connectivity index (χ1n) is 1.23. The molecule has 0 aliphatic heterocycles. The van der Waals surface area contributed by atoms with Gasteiger partial charge in [-0.25, -0.2) is 9.36 Å². The van der Waals surface area contributed by atoms with Gasteiger partial charge in [-0.05, 0) is 0 Å². The molecule has 0 saturated carbocycles. The van der Waals surface area contributed by atoms with Crippen LogP contribution in [0.2, 0.25) is 0 Å². The van der Waals surface area contributed by atoms with Crippen molar-refractivity contribution in [3.05, 3.63) is 0 Å². The second-order valence-corrected chi connectivity index (χ2v) is 2.30. The van der Waals surface area contributed by atoms with Gasteiger partial charge in [0, 0.05) is 0 Å². The topological polar surface area (TPSA) is 94.8 Å². The monoisotopic (exact) mass is 152 g/mol. The zero-order valence-electron chi connectivity index (χ0n) is 5.81. The van der Waals surface area contributed by atoms with Crippen LogP contribution in [0.25, 0.3) is 0 Å². The van der Waals surface area contributed by atoms with Gasteiger partial charge in [-0.15, -0.1) is 0 Å². The molecular weight excluding hydrogens is 147 g/mol. The van der Waals surface area contributed by atoms with Gasteiger partial charge in [0.1, 0.15) is 0 Å². The molecule has 0 bridgehead atoms. The van der Waals surface area contributed by atoms with E-state index in [1.807, 2.05) is 0 Å². The van der Waals surface area contributed by atoms with Crippen molar-refractivity contribution in [2.24, 2.45) is 0 Å². The number of hydrogen-bond acceptors (Lipinski definition) is 2. The molecule has 3 N–H and O–H groups in total. The van der Waals surface area contributed by atoms with E-state index in [1.165, 1.54) is 0 Å². The maximum atomic E-state index is 9.43. The Morgan fingerprint density at radius 3 is 1.62 bits per heavy atom. The summed E-state index contributed by atoms with van der Waals surface area (Å²) in [5.41, 5.74) is -2.09. The standard InChI is InChI=1S/CH3O5P.Mg.2H/c2-1(3)7(4,5)6;;;/h(H,2,3)(H2,4,5,6);;;/q;+2;2*-1. The van der Waals surface area contributed by atoms with Crippen molar-refractivity contribution in [1.82, 2.24) is 0 Å². The van der Waals surface area contributed by atoms with E-state index in [4.69, 9.17) is 14.9 Å². The normalized spacial score (nSPS) is 9.75. The molecule has 0 aliphatic carbocycles. The largest absolute Gasteiger partial charge is 2.00 e. The molecule has 0 heterocycles. The summed E-state index contributed by atoms with van der Waals surface area (Å²) >= 11 is 0. The fourth-order valence-corrected chi connectivity index (χ4v) is 0. The predicted octanol–water partition coefficient (Wildman–Crippen LogP) is -0.314. The van der Waals surface area contributed by atoms with Crippen LogP contribution in [0.4, 0.5) is 4.79 Å². The molecule has 0 atom stereocenters. The van der Waals surface area contributed by atoms with Crippen LogP contribution < -0.4 is 0 Å². The molecule has 7 heteroatoms. The molecule has 0 spiro atoms. The third kappa shape index (κ3) is 4.54. The van der Waals surface area contributed by atoms with Crippen LogP contribution >= 0.6 is 7.60 Å². The summed E-state index contributed by atoms with van der Waals surface area (Å²) in [4.78, 5) is 24.5. The second-order valence-electron chi connectivity index (χ2n) is 0.827. The van der Waals surface area contributed by atoms with E-state index >= 15 is 0 Å². The van der Waals surface area contributed by atoms with Crippen LogP contribution in [0.3, 0.4) is 0 Å². The first-order chi connectivity index (χ1) is 2.94. The molecule has 0 unspecified atom stereocenters. The van der Waals surface area contributed by atoms with Crippen molar-refractivity contribution in [2.45, 2.75) is 0 Å². The molecule has 46 valence electrons. The molecule has 0 radical (unpaired) electrons. The minimum Gasteiger partial charge on any atom is -1.00 e. The van der Waals surface area contributed by atoms with E-state index in [-0.39, 0.29) is 25.9 Å². The number of hydrogen-bond donors (Lipinski definition) is 3. The van der Waals surface area contributed by atoms with Crippen LogP contribution in [-0.4, -0.2) is 43.7 Å². The van der Waals surface area contributed by atoms with Gasteiger partial charge in [0.05, 0.1) is 0 Å². The van der Waals surface area contributed by atoms with Crippen molar-refractivity contribution in [3.8, 4) is 0 Å². The fraction of sp³-hybridized carbons (Fsp3) is 0. The van der Waals surface area contributed by atoms with Crippen LogP contribution in [0.1, 0.15) is 2.85 Å². The van der Waals surface area contributed by atoms with E-state index in [2.05, 4.69) is 0 Å². The summed E-state index contributed by atoms with van der Waals surface area (Å²) in [6, 6.07) is 0. The quantitative estimate of drug-likeness (QED) is 0.354. The summed E-state index contributed by atoms with van der Waals surface area (Å²) < 4.78 is 9.43. The smallest absolute Gasteiger partial charge is 1.00 e. The Morgan fingerprint density at radius 2 is 1.62 bits per heavy atom. The van der Waals surface area contributed by atoms with Crippen molar-refractivity contribution in [3.63, 3.8) is 0 Å². The SMILES string of the molecule is O=C(O)P(=O)(O)O.[H-].[H-].[Mg+2]. The second kappa shape index (κ2) is 3.42. The predicted molar refractivity (Wildman–Crippen MR) is 28.0 cm³/mol. The Kier molecular flexibility index (Phi) is 4.79. The van der Waals surface area contributed by atoms with Crippen LogP contribution in [0.15, 0.2) is 0 Å². The van der Waals surface area contributed by atoms with E-state index in [1.54, 1.807) is 0 Å². The Labute approximate surface area is 64.0 Å². The van der Waals surface area contributed by atoms with Crippen molar-refractivity contribution in [1.29, 1.82) is 0 Å². The zero-order chi connectivity index (χ0) is 6.08. The van der Waals surface area contributed by atoms with E-state index in [0.29, 0.717) is 0 Å². The summed E-state index contributed by atoms with van der Waals surface area (Å²) in [5.74, 6) is 0. The van der Waals surface area contributed by atoms with Gasteiger partial charge in [-0.1, -0.05) is 0 Å². The molecule has 0 saturated heterocycles. The van der Waals surface area contributed by atoms with E-state index in [0.717, 1.165) is 0 Å².